The van der Waals surface area contributed by atoms with Crippen molar-refractivity contribution < 1.29 is 28.0 Å². The highest BCUT2D eigenvalue weighted by Gasteiger charge is 2.19. The molecule has 28 heavy (non-hydrogen) atoms. The highest BCUT2D eigenvalue weighted by molar-refractivity contribution is 7.86. The molecule has 1 heterocycles. The number of rotatable bonds is 4. The molecule has 0 atom stereocenters. The number of carbonyl (C=O) groups is 1. The number of azo groups is 1. The van der Waals surface area contributed by atoms with E-state index in [4.69, 9.17) is 5.11 Å². The van der Waals surface area contributed by atoms with Crippen molar-refractivity contribution in [2.24, 2.45) is 10.2 Å². The number of aromatic nitrogens is 1. The minimum atomic E-state index is -4.56. The van der Waals surface area contributed by atoms with Gasteiger partial charge in [0.05, 0.1) is 5.56 Å². The van der Waals surface area contributed by atoms with Crippen LogP contribution >= 0.6 is 0 Å². The van der Waals surface area contributed by atoms with Gasteiger partial charge in [0.2, 0.25) is 0 Å². The number of phenols is 1. The molecular formula is C16H17N5O6S. The quantitative estimate of drug-likeness (QED) is 0.314. The fourth-order valence-electron chi connectivity index (χ4n) is 2.28. The largest absolute Gasteiger partial charge is 0.505 e. The molecule has 0 saturated heterocycles. The SMILES string of the molecule is N.N.O=C(O)c1ccc(N=Nc2cc(S(=O)(=O)O)c3ccccc3c2O)nc1. The zero-order chi connectivity index (χ0) is 18.9. The smallest absolute Gasteiger partial charge is 0.337 e. The van der Waals surface area contributed by atoms with Crippen LogP contribution in [-0.2, 0) is 10.1 Å². The summed E-state index contributed by atoms with van der Waals surface area (Å²) in [4.78, 5) is 14.1. The van der Waals surface area contributed by atoms with Crippen LogP contribution in [0.5, 0.6) is 5.75 Å². The molecular weight excluding hydrogens is 390 g/mol. The molecule has 0 aliphatic heterocycles. The van der Waals surface area contributed by atoms with Crippen molar-refractivity contribution in [3.63, 3.8) is 0 Å². The molecule has 0 amide bonds. The third kappa shape index (κ3) is 4.44. The molecule has 1 aromatic heterocycles. The first kappa shape index (κ1) is 22.6. The molecule has 0 radical (unpaired) electrons. The predicted molar refractivity (Wildman–Crippen MR) is 101 cm³/mol. The minimum absolute atomic E-state index is 0. The van der Waals surface area contributed by atoms with E-state index >= 15 is 0 Å². The molecule has 2 aromatic carbocycles. The first-order valence-electron chi connectivity index (χ1n) is 7.10. The summed E-state index contributed by atoms with van der Waals surface area (Å²) < 4.78 is 32.7. The van der Waals surface area contributed by atoms with Crippen molar-refractivity contribution in [1.82, 2.24) is 17.3 Å². The van der Waals surface area contributed by atoms with E-state index in [1.165, 1.54) is 24.3 Å². The summed E-state index contributed by atoms with van der Waals surface area (Å²) in [5.41, 5.74) is -0.230. The Hall–Kier alpha value is -3.45. The van der Waals surface area contributed by atoms with E-state index in [2.05, 4.69) is 15.2 Å². The zero-order valence-electron chi connectivity index (χ0n) is 14.3. The van der Waals surface area contributed by atoms with Gasteiger partial charge in [0.1, 0.15) is 10.6 Å². The Labute approximate surface area is 159 Å². The van der Waals surface area contributed by atoms with Gasteiger partial charge in [0.25, 0.3) is 10.1 Å². The fourth-order valence-corrected chi connectivity index (χ4v) is 3.00. The molecule has 11 nitrogen and oxygen atoms in total. The van der Waals surface area contributed by atoms with Crippen LogP contribution in [-0.4, -0.2) is 34.1 Å². The lowest BCUT2D eigenvalue weighted by Gasteiger charge is -2.08. The van der Waals surface area contributed by atoms with Gasteiger partial charge in [-0.15, -0.1) is 10.2 Å². The fraction of sp³-hybridized carbons (Fsp3) is 0. The lowest BCUT2D eigenvalue weighted by Crippen LogP contribution is -1.99. The van der Waals surface area contributed by atoms with Gasteiger partial charge >= 0.3 is 5.97 Å². The molecule has 3 aromatic rings. The molecule has 0 aliphatic carbocycles. The van der Waals surface area contributed by atoms with E-state index in [-0.39, 0.29) is 45.9 Å². The molecule has 0 fully saturated rings. The number of phenolic OH excluding ortho intramolecular Hbond substituents is 1. The molecule has 148 valence electrons. The van der Waals surface area contributed by atoms with Gasteiger partial charge in [0, 0.05) is 17.0 Å². The first-order chi connectivity index (χ1) is 12.3. The standard InChI is InChI=1S/C16H11N3O6S.2H3N/c20-15-11-4-2-1-3-10(11)13(26(23,24)25)7-12(15)18-19-14-6-5-9(8-17-14)16(21)22;;/h1-8,20H,(H,21,22)(H,23,24,25);2*1H3. The van der Waals surface area contributed by atoms with E-state index in [1.807, 2.05) is 0 Å². The molecule has 0 aliphatic rings. The number of benzene rings is 2. The Morgan fingerprint density at radius 1 is 1.00 bits per heavy atom. The van der Waals surface area contributed by atoms with Crippen LogP contribution in [0, 0.1) is 0 Å². The normalized spacial score (nSPS) is 11.0. The van der Waals surface area contributed by atoms with Crippen LogP contribution in [0.1, 0.15) is 10.4 Å². The predicted octanol–water partition coefficient (Wildman–Crippen LogP) is 3.62. The van der Waals surface area contributed by atoms with Crippen LogP contribution in [0.4, 0.5) is 11.5 Å². The highest BCUT2D eigenvalue weighted by Crippen LogP contribution is 2.39. The molecule has 3 rings (SSSR count). The number of hydrogen-bond acceptors (Lipinski definition) is 9. The summed E-state index contributed by atoms with van der Waals surface area (Å²) in [5, 5.41) is 26.9. The molecule has 0 saturated carbocycles. The van der Waals surface area contributed by atoms with Gasteiger partial charge in [-0.1, -0.05) is 24.3 Å². The maximum absolute atomic E-state index is 11.6. The molecule has 0 unspecified atom stereocenters. The average Bonchev–Trinajstić information content (AvgIpc) is 2.60. The van der Waals surface area contributed by atoms with Crippen LogP contribution in [0.2, 0.25) is 0 Å². The number of pyridine rings is 1. The number of aromatic hydroxyl groups is 1. The molecule has 9 N–H and O–H groups in total. The summed E-state index contributed by atoms with van der Waals surface area (Å²) in [6.07, 6.45) is 1.08. The van der Waals surface area contributed by atoms with Crippen molar-refractivity contribution >= 4 is 38.4 Å². The maximum atomic E-state index is 11.6. The van der Waals surface area contributed by atoms with Gasteiger partial charge in [-0.25, -0.2) is 9.78 Å². The molecule has 0 bridgehead atoms. The summed E-state index contributed by atoms with van der Waals surface area (Å²) in [6.45, 7) is 0. The second kappa shape index (κ2) is 8.49. The summed E-state index contributed by atoms with van der Waals surface area (Å²) in [6, 6.07) is 9.61. The monoisotopic (exact) mass is 407 g/mol. The van der Waals surface area contributed by atoms with Gasteiger partial charge in [-0.3, -0.25) is 4.55 Å². The zero-order valence-corrected chi connectivity index (χ0v) is 15.2. The van der Waals surface area contributed by atoms with E-state index in [9.17, 15) is 22.9 Å². The van der Waals surface area contributed by atoms with Crippen molar-refractivity contribution in [1.29, 1.82) is 0 Å². The Kier molecular flexibility index (Phi) is 6.85. The van der Waals surface area contributed by atoms with Crippen molar-refractivity contribution in [2.75, 3.05) is 0 Å². The van der Waals surface area contributed by atoms with Crippen LogP contribution in [0.15, 0.2) is 63.8 Å². The van der Waals surface area contributed by atoms with Crippen LogP contribution < -0.4 is 12.3 Å². The third-order valence-corrected chi connectivity index (χ3v) is 4.38. The summed E-state index contributed by atoms with van der Waals surface area (Å²) >= 11 is 0. The second-order valence-corrected chi connectivity index (χ2v) is 6.56. The summed E-state index contributed by atoms with van der Waals surface area (Å²) in [7, 11) is -4.56. The van der Waals surface area contributed by atoms with Gasteiger partial charge in [0.15, 0.2) is 11.6 Å². The Morgan fingerprint density at radius 2 is 1.64 bits per heavy atom. The van der Waals surface area contributed by atoms with E-state index in [0.717, 1.165) is 12.3 Å². The summed E-state index contributed by atoms with van der Waals surface area (Å²) in [5.74, 6) is -1.42. The Morgan fingerprint density at radius 3 is 2.18 bits per heavy atom. The number of hydrogen-bond donors (Lipinski definition) is 5. The average molecular weight is 407 g/mol. The van der Waals surface area contributed by atoms with Crippen molar-refractivity contribution in [2.45, 2.75) is 4.90 Å². The Bertz CT molecular complexity index is 1150. The molecule has 0 spiro atoms. The highest BCUT2D eigenvalue weighted by atomic mass is 32.2. The van der Waals surface area contributed by atoms with Gasteiger partial charge in [-0.2, -0.15) is 8.42 Å². The lowest BCUT2D eigenvalue weighted by molar-refractivity contribution is 0.0696. The Balaban J connectivity index is 0.00000196. The number of aromatic carboxylic acids is 1. The van der Waals surface area contributed by atoms with Crippen LogP contribution in [0.3, 0.4) is 0 Å². The number of carboxylic acids is 1. The van der Waals surface area contributed by atoms with Gasteiger partial charge < -0.3 is 22.5 Å². The number of carboxylic acid groups (broad SMARTS) is 1. The maximum Gasteiger partial charge on any atom is 0.337 e. The van der Waals surface area contributed by atoms with Gasteiger partial charge in [-0.05, 0) is 18.2 Å². The lowest BCUT2D eigenvalue weighted by atomic mass is 10.1. The van der Waals surface area contributed by atoms with E-state index in [1.54, 1.807) is 12.1 Å². The van der Waals surface area contributed by atoms with Crippen molar-refractivity contribution in [3.05, 3.63) is 54.2 Å². The number of fused-ring (bicyclic) bond motifs is 1. The third-order valence-electron chi connectivity index (χ3n) is 3.49. The first-order valence-corrected chi connectivity index (χ1v) is 8.54. The van der Waals surface area contributed by atoms with E-state index < -0.39 is 21.0 Å². The van der Waals surface area contributed by atoms with Crippen molar-refractivity contribution in [3.8, 4) is 5.75 Å². The minimum Gasteiger partial charge on any atom is -0.505 e. The second-order valence-electron chi connectivity index (χ2n) is 5.17. The topological polar surface area (TPSA) is 220 Å². The van der Waals surface area contributed by atoms with E-state index in [0.29, 0.717) is 0 Å². The van der Waals surface area contributed by atoms with Crippen LogP contribution in [0.25, 0.3) is 10.8 Å². The molecule has 12 heteroatoms. The number of nitrogens with zero attached hydrogens (tertiary/aromatic N) is 3.